The van der Waals surface area contributed by atoms with E-state index in [1.807, 2.05) is 41.8 Å². The quantitative estimate of drug-likeness (QED) is 0.334. The van der Waals surface area contributed by atoms with E-state index in [9.17, 15) is 4.79 Å². The Bertz CT molecular complexity index is 993. The number of hydrogen-bond acceptors (Lipinski definition) is 6. The largest absolute Gasteiger partial charge is 0.494 e. The Labute approximate surface area is 185 Å². The van der Waals surface area contributed by atoms with Gasteiger partial charge < -0.3 is 10.1 Å². The van der Waals surface area contributed by atoms with Crippen LogP contribution in [-0.2, 0) is 11.3 Å². The highest BCUT2D eigenvalue weighted by atomic mass is 32.2. The van der Waals surface area contributed by atoms with E-state index in [0.29, 0.717) is 24.2 Å². The lowest BCUT2D eigenvalue weighted by molar-refractivity contribution is -0.113. The van der Waals surface area contributed by atoms with Crippen LogP contribution in [0.5, 0.6) is 5.75 Å². The maximum absolute atomic E-state index is 12.4. The fraction of sp³-hybridized carbons (Fsp3) is 0.318. The fourth-order valence-electron chi connectivity index (χ4n) is 2.80. The Kier molecular flexibility index (Phi) is 7.70. The molecule has 1 N–H and O–H groups in total. The molecule has 30 heavy (non-hydrogen) atoms. The molecule has 0 aliphatic rings. The van der Waals surface area contributed by atoms with Gasteiger partial charge in [0, 0.05) is 28.1 Å². The first-order chi connectivity index (χ1) is 14.5. The molecule has 3 aromatic rings. The highest BCUT2D eigenvalue weighted by Crippen LogP contribution is 2.31. The van der Waals surface area contributed by atoms with Crippen molar-refractivity contribution in [2.45, 2.75) is 38.4 Å². The predicted octanol–water partition coefficient (Wildman–Crippen LogP) is 5.45. The fourth-order valence-corrected chi connectivity index (χ4v) is 4.46. The zero-order chi connectivity index (χ0) is 21.5. The van der Waals surface area contributed by atoms with E-state index in [2.05, 4.69) is 47.4 Å². The SMILES string of the molecule is C=CCn1c(SCC(=O)Nc2ccc(OCC)cc2)nnc1-c1csc(C(C)C)c1. The van der Waals surface area contributed by atoms with Crippen molar-refractivity contribution >= 4 is 34.7 Å². The summed E-state index contributed by atoms with van der Waals surface area (Å²) in [6, 6.07) is 9.49. The van der Waals surface area contributed by atoms with Gasteiger partial charge in [0.1, 0.15) is 5.75 Å². The van der Waals surface area contributed by atoms with E-state index in [4.69, 9.17) is 4.74 Å². The number of hydrogen-bond donors (Lipinski definition) is 1. The monoisotopic (exact) mass is 442 g/mol. The number of carbonyl (C=O) groups excluding carboxylic acids is 1. The van der Waals surface area contributed by atoms with Gasteiger partial charge in [-0.05, 0) is 43.2 Å². The molecule has 0 radical (unpaired) electrons. The molecular weight excluding hydrogens is 416 g/mol. The number of thioether (sulfide) groups is 1. The van der Waals surface area contributed by atoms with Crippen LogP contribution in [0.4, 0.5) is 5.69 Å². The number of ether oxygens (including phenoxy) is 1. The number of allylic oxidation sites excluding steroid dienone is 1. The maximum atomic E-state index is 12.4. The number of aromatic nitrogens is 3. The Balaban J connectivity index is 1.66. The summed E-state index contributed by atoms with van der Waals surface area (Å²) in [5.74, 6) is 2.19. The summed E-state index contributed by atoms with van der Waals surface area (Å²) >= 11 is 3.09. The number of anilines is 1. The number of rotatable bonds is 10. The zero-order valence-corrected chi connectivity index (χ0v) is 19.1. The van der Waals surface area contributed by atoms with E-state index in [1.54, 1.807) is 11.3 Å². The van der Waals surface area contributed by atoms with Gasteiger partial charge in [-0.2, -0.15) is 0 Å². The molecule has 2 aromatic heterocycles. The van der Waals surface area contributed by atoms with Gasteiger partial charge in [-0.15, -0.1) is 28.1 Å². The Morgan fingerprint density at radius 2 is 2.10 bits per heavy atom. The molecule has 158 valence electrons. The van der Waals surface area contributed by atoms with E-state index >= 15 is 0 Å². The summed E-state index contributed by atoms with van der Waals surface area (Å²) in [6.07, 6.45) is 1.81. The molecule has 3 rings (SSSR count). The second-order valence-corrected chi connectivity index (χ2v) is 8.78. The lowest BCUT2D eigenvalue weighted by atomic mass is 10.1. The number of carbonyl (C=O) groups is 1. The third-order valence-electron chi connectivity index (χ3n) is 4.26. The minimum Gasteiger partial charge on any atom is -0.494 e. The van der Waals surface area contributed by atoms with Crippen molar-refractivity contribution in [3.8, 4) is 17.1 Å². The maximum Gasteiger partial charge on any atom is 0.234 e. The van der Waals surface area contributed by atoms with Gasteiger partial charge in [0.2, 0.25) is 5.91 Å². The lowest BCUT2D eigenvalue weighted by Gasteiger charge is -2.08. The standard InChI is InChI=1S/C22H26N4O2S2/c1-5-11-26-21(16-12-19(15(3)4)29-13-16)24-25-22(26)30-14-20(27)23-17-7-9-18(10-8-17)28-6-2/h5,7-10,12-13,15H,1,6,11,14H2,2-4H3,(H,23,27). The van der Waals surface area contributed by atoms with Crippen LogP contribution in [0.1, 0.15) is 31.6 Å². The van der Waals surface area contributed by atoms with Crippen molar-refractivity contribution in [2.24, 2.45) is 0 Å². The molecule has 1 aromatic carbocycles. The number of benzene rings is 1. The number of nitrogens with one attached hydrogen (secondary N) is 1. The summed E-state index contributed by atoms with van der Waals surface area (Å²) < 4.78 is 7.41. The van der Waals surface area contributed by atoms with Crippen LogP contribution in [0, 0.1) is 0 Å². The first-order valence-corrected chi connectivity index (χ1v) is 11.7. The summed E-state index contributed by atoms with van der Waals surface area (Å²) in [6.45, 7) is 11.3. The molecule has 0 spiro atoms. The van der Waals surface area contributed by atoms with Crippen molar-refractivity contribution in [3.63, 3.8) is 0 Å². The summed E-state index contributed by atoms with van der Waals surface area (Å²) in [4.78, 5) is 13.7. The molecule has 0 unspecified atom stereocenters. The molecular formula is C22H26N4O2S2. The predicted molar refractivity (Wildman–Crippen MR) is 125 cm³/mol. The molecule has 0 aliphatic carbocycles. The van der Waals surface area contributed by atoms with Crippen LogP contribution in [0.2, 0.25) is 0 Å². The Hall–Kier alpha value is -2.58. The molecule has 0 saturated carbocycles. The van der Waals surface area contributed by atoms with Crippen molar-refractivity contribution < 1.29 is 9.53 Å². The van der Waals surface area contributed by atoms with Crippen molar-refractivity contribution in [1.82, 2.24) is 14.8 Å². The minimum atomic E-state index is -0.100. The molecule has 0 fully saturated rings. The molecule has 0 aliphatic heterocycles. The van der Waals surface area contributed by atoms with Crippen molar-refractivity contribution in [2.75, 3.05) is 17.7 Å². The molecule has 0 bridgehead atoms. The van der Waals surface area contributed by atoms with Crippen LogP contribution >= 0.6 is 23.1 Å². The average Bonchev–Trinajstić information content (AvgIpc) is 3.36. The highest BCUT2D eigenvalue weighted by molar-refractivity contribution is 7.99. The molecule has 2 heterocycles. The molecule has 1 amide bonds. The average molecular weight is 443 g/mol. The number of amides is 1. The zero-order valence-electron chi connectivity index (χ0n) is 17.4. The second-order valence-electron chi connectivity index (χ2n) is 6.89. The van der Waals surface area contributed by atoms with Gasteiger partial charge in [0.15, 0.2) is 11.0 Å². The van der Waals surface area contributed by atoms with Crippen LogP contribution < -0.4 is 10.1 Å². The van der Waals surface area contributed by atoms with Crippen molar-refractivity contribution in [1.29, 1.82) is 0 Å². The van der Waals surface area contributed by atoms with Crippen LogP contribution in [0.25, 0.3) is 11.4 Å². The van der Waals surface area contributed by atoms with Gasteiger partial charge >= 0.3 is 0 Å². The van der Waals surface area contributed by atoms with E-state index in [1.165, 1.54) is 16.6 Å². The normalized spacial score (nSPS) is 10.9. The van der Waals surface area contributed by atoms with Gasteiger partial charge in [0.25, 0.3) is 0 Å². The van der Waals surface area contributed by atoms with Crippen LogP contribution in [-0.4, -0.2) is 33.0 Å². The lowest BCUT2D eigenvalue weighted by Crippen LogP contribution is -2.14. The van der Waals surface area contributed by atoms with Gasteiger partial charge in [-0.3, -0.25) is 9.36 Å². The summed E-state index contributed by atoms with van der Waals surface area (Å²) in [5.41, 5.74) is 1.78. The molecule has 6 nitrogen and oxygen atoms in total. The molecule has 0 atom stereocenters. The second kappa shape index (κ2) is 10.4. The van der Waals surface area contributed by atoms with E-state index in [-0.39, 0.29) is 11.7 Å². The first kappa shape index (κ1) is 22.1. The van der Waals surface area contributed by atoms with Gasteiger partial charge in [0.05, 0.1) is 12.4 Å². The number of nitrogens with zero attached hydrogens (tertiary/aromatic N) is 3. The Morgan fingerprint density at radius 1 is 1.33 bits per heavy atom. The van der Waals surface area contributed by atoms with Crippen molar-refractivity contribution in [3.05, 3.63) is 53.2 Å². The highest BCUT2D eigenvalue weighted by Gasteiger charge is 2.17. The number of thiophene rings is 1. The molecule has 0 saturated heterocycles. The third kappa shape index (κ3) is 5.52. The van der Waals surface area contributed by atoms with E-state index < -0.39 is 0 Å². The molecule has 8 heteroatoms. The van der Waals surface area contributed by atoms with Gasteiger partial charge in [-0.1, -0.05) is 31.7 Å². The van der Waals surface area contributed by atoms with E-state index in [0.717, 1.165) is 22.8 Å². The first-order valence-electron chi connectivity index (χ1n) is 9.80. The minimum absolute atomic E-state index is 0.100. The Morgan fingerprint density at radius 3 is 2.73 bits per heavy atom. The third-order valence-corrected chi connectivity index (χ3v) is 6.46. The summed E-state index contributed by atoms with van der Waals surface area (Å²) in [7, 11) is 0. The van der Waals surface area contributed by atoms with Crippen LogP contribution in [0.3, 0.4) is 0 Å². The van der Waals surface area contributed by atoms with Gasteiger partial charge in [-0.25, -0.2) is 0 Å². The topological polar surface area (TPSA) is 69.0 Å². The smallest absolute Gasteiger partial charge is 0.234 e. The summed E-state index contributed by atoms with van der Waals surface area (Å²) in [5, 5.41) is 14.4. The van der Waals surface area contributed by atoms with Crippen LogP contribution in [0.15, 0.2) is 53.5 Å².